The van der Waals surface area contributed by atoms with E-state index in [-0.39, 0.29) is 17.8 Å². The molecule has 1 saturated heterocycles. The number of hydrogen-bond acceptors (Lipinski definition) is 3. The van der Waals surface area contributed by atoms with Gasteiger partial charge in [-0.3, -0.25) is 9.69 Å². The van der Waals surface area contributed by atoms with Crippen LogP contribution in [0.1, 0.15) is 43.4 Å². The summed E-state index contributed by atoms with van der Waals surface area (Å²) in [5, 5.41) is 13.1. The number of nitrogens with zero attached hydrogens (tertiary/aromatic N) is 1. The van der Waals surface area contributed by atoms with E-state index in [1.165, 1.54) is 0 Å². The molecule has 1 aromatic rings. The van der Waals surface area contributed by atoms with Crippen molar-refractivity contribution < 1.29 is 14.3 Å². The molecule has 0 saturated carbocycles. The summed E-state index contributed by atoms with van der Waals surface area (Å²) in [7, 11) is 0. The van der Waals surface area contributed by atoms with Crippen molar-refractivity contribution in [2.24, 2.45) is 5.92 Å². The highest BCUT2D eigenvalue weighted by atomic mass is 35.5. The number of hydrogen-bond donors (Lipinski definition) is 2. The van der Waals surface area contributed by atoms with Crippen LogP contribution in [-0.2, 0) is 4.79 Å². The predicted octanol–water partition coefficient (Wildman–Crippen LogP) is 4.61. The van der Waals surface area contributed by atoms with Gasteiger partial charge in [-0.15, -0.1) is 0 Å². The van der Waals surface area contributed by atoms with Crippen LogP contribution < -0.4 is 5.32 Å². The van der Waals surface area contributed by atoms with Crippen LogP contribution >= 0.6 is 11.6 Å². The lowest BCUT2D eigenvalue weighted by Crippen LogP contribution is -2.51. The minimum atomic E-state index is -0.768. The second-order valence-corrected chi connectivity index (χ2v) is 7.82. The Bertz CT molecular complexity index is 784. The van der Waals surface area contributed by atoms with Crippen molar-refractivity contribution in [1.29, 1.82) is 0 Å². The molecule has 6 heteroatoms. The average molecular weight is 393 g/mol. The van der Waals surface area contributed by atoms with Gasteiger partial charge in [-0.1, -0.05) is 36.7 Å². The zero-order valence-corrected chi connectivity index (χ0v) is 16.5. The van der Waals surface area contributed by atoms with Crippen LogP contribution in [0.15, 0.2) is 41.4 Å². The van der Waals surface area contributed by atoms with Crippen LogP contribution in [0.4, 0.5) is 4.39 Å². The number of aryl methyl sites for hydroxylation is 1. The second kappa shape index (κ2) is 8.44. The Morgan fingerprint density at radius 2 is 2.19 bits per heavy atom. The summed E-state index contributed by atoms with van der Waals surface area (Å²) in [6.45, 7) is 5.54. The molecular weight excluding hydrogens is 367 g/mol. The number of benzene rings is 1. The summed E-state index contributed by atoms with van der Waals surface area (Å²) >= 11 is 6.12. The van der Waals surface area contributed by atoms with Gasteiger partial charge >= 0.3 is 5.97 Å². The molecule has 2 N–H and O–H groups in total. The largest absolute Gasteiger partial charge is 0.481 e. The number of nitrogens with one attached hydrogen (secondary N) is 1. The first-order valence-electron chi connectivity index (χ1n) is 9.44. The molecule has 3 rings (SSSR count). The first-order valence-corrected chi connectivity index (χ1v) is 9.82. The lowest BCUT2D eigenvalue weighted by molar-refractivity contribution is -0.147. The molecule has 0 unspecified atom stereocenters. The Hall–Kier alpha value is -1.85. The van der Waals surface area contributed by atoms with Gasteiger partial charge < -0.3 is 10.4 Å². The Morgan fingerprint density at radius 3 is 2.81 bits per heavy atom. The molecule has 1 aliphatic heterocycles. The zero-order chi connectivity index (χ0) is 19.6. The third-order valence-corrected chi connectivity index (χ3v) is 5.81. The molecule has 1 aromatic carbocycles. The van der Waals surface area contributed by atoms with Crippen LogP contribution in [0.5, 0.6) is 0 Å². The van der Waals surface area contributed by atoms with Crippen LogP contribution in [0, 0.1) is 12.8 Å². The summed E-state index contributed by atoms with van der Waals surface area (Å²) in [6, 6.07) is 5.92. The number of likely N-dealkylation sites (tertiary alicyclic amines) is 1. The smallest absolute Gasteiger partial charge is 0.309 e. The maximum absolute atomic E-state index is 15.0. The van der Waals surface area contributed by atoms with Gasteiger partial charge in [0.05, 0.1) is 17.7 Å². The number of carboxylic acid groups (broad SMARTS) is 1. The third-order valence-electron chi connectivity index (χ3n) is 5.38. The Morgan fingerprint density at radius 1 is 1.44 bits per heavy atom. The highest BCUT2D eigenvalue weighted by Gasteiger charge is 2.33. The summed E-state index contributed by atoms with van der Waals surface area (Å²) in [5.74, 6) is -1.28. The maximum Gasteiger partial charge on any atom is 0.309 e. The average Bonchev–Trinajstić information content (AvgIpc) is 2.60. The van der Waals surface area contributed by atoms with Crippen LogP contribution in [0.25, 0.3) is 0 Å². The van der Waals surface area contributed by atoms with E-state index in [2.05, 4.69) is 12.2 Å². The van der Waals surface area contributed by atoms with E-state index < -0.39 is 5.97 Å². The predicted molar refractivity (Wildman–Crippen MR) is 105 cm³/mol. The molecular formula is C21H26ClFN2O2. The molecule has 1 atom stereocenters. The SMILES string of the molecule is CC[C@@H](NC1=CCCC(CN2CC(C(=O)O)C2)=C1F)c1ccc(Cl)c(C)c1. The van der Waals surface area contributed by atoms with Crippen LogP contribution in [0.3, 0.4) is 0 Å². The molecule has 0 radical (unpaired) electrons. The van der Waals surface area contributed by atoms with Crippen molar-refractivity contribution in [2.75, 3.05) is 19.6 Å². The van der Waals surface area contributed by atoms with Crippen LogP contribution in [-0.4, -0.2) is 35.6 Å². The van der Waals surface area contributed by atoms with Gasteiger partial charge in [0.2, 0.25) is 0 Å². The summed E-state index contributed by atoms with van der Waals surface area (Å²) in [6.07, 6.45) is 4.22. The lowest BCUT2D eigenvalue weighted by atomic mass is 9.95. The van der Waals surface area contributed by atoms with Crippen molar-refractivity contribution in [3.8, 4) is 0 Å². The van der Waals surface area contributed by atoms with E-state index in [0.717, 1.165) is 34.6 Å². The number of carboxylic acids is 1. The van der Waals surface area contributed by atoms with Crippen molar-refractivity contribution in [1.82, 2.24) is 10.2 Å². The van der Waals surface area contributed by atoms with Gasteiger partial charge in [-0.2, -0.15) is 0 Å². The van der Waals surface area contributed by atoms with Crippen molar-refractivity contribution >= 4 is 17.6 Å². The van der Waals surface area contributed by atoms with Gasteiger partial charge in [-0.25, -0.2) is 4.39 Å². The molecule has 0 aromatic heterocycles. The topological polar surface area (TPSA) is 52.6 Å². The number of rotatable bonds is 7. The van der Waals surface area contributed by atoms with Crippen molar-refractivity contribution in [3.63, 3.8) is 0 Å². The van der Waals surface area contributed by atoms with E-state index in [9.17, 15) is 4.79 Å². The van der Waals surface area contributed by atoms with Crippen LogP contribution in [0.2, 0.25) is 5.02 Å². The molecule has 4 nitrogen and oxygen atoms in total. The van der Waals surface area contributed by atoms with Crippen molar-refractivity contribution in [3.05, 3.63) is 57.5 Å². The van der Waals surface area contributed by atoms with Gasteiger partial charge in [0.1, 0.15) is 5.83 Å². The molecule has 1 aliphatic carbocycles. The standard InChI is InChI=1S/C21H26ClFN2O2/c1-3-18(14-7-8-17(22)13(2)9-14)24-19-6-4-5-15(20(19)23)10-25-11-16(12-25)21(26)27/h6-9,16,18,24H,3-5,10-12H2,1-2H3,(H,26,27)/t18-/m1/s1. The van der Waals surface area contributed by atoms with Gasteiger partial charge in [-0.05, 0) is 49.0 Å². The second-order valence-electron chi connectivity index (χ2n) is 7.42. The minimum absolute atomic E-state index is 0.0118. The zero-order valence-electron chi connectivity index (χ0n) is 15.8. The van der Waals surface area contributed by atoms with E-state index in [0.29, 0.717) is 31.8 Å². The normalized spacial score (nSPS) is 19.5. The number of carbonyl (C=O) groups is 1. The highest BCUT2D eigenvalue weighted by Crippen LogP contribution is 2.31. The molecule has 1 fully saturated rings. The Balaban J connectivity index is 1.68. The number of aliphatic carboxylic acids is 1. The Labute approximate surface area is 164 Å². The fraction of sp³-hybridized carbons (Fsp3) is 0.476. The highest BCUT2D eigenvalue weighted by molar-refractivity contribution is 6.31. The quantitative estimate of drug-likeness (QED) is 0.711. The fourth-order valence-electron chi connectivity index (χ4n) is 3.67. The molecule has 2 aliphatic rings. The lowest BCUT2D eigenvalue weighted by Gasteiger charge is -2.37. The van der Waals surface area contributed by atoms with E-state index in [4.69, 9.17) is 16.7 Å². The maximum atomic E-state index is 15.0. The van der Waals surface area contributed by atoms with E-state index >= 15 is 4.39 Å². The summed E-state index contributed by atoms with van der Waals surface area (Å²) in [4.78, 5) is 12.9. The number of allylic oxidation sites excluding steroid dienone is 2. The molecule has 0 amide bonds. The fourth-order valence-corrected chi connectivity index (χ4v) is 3.79. The number of halogens is 2. The minimum Gasteiger partial charge on any atom is -0.481 e. The summed E-state index contributed by atoms with van der Waals surface area (Å²) in [5.41, 5.74) is 3.40. The molecule has 146 valence electrons. The van der Waals surface area contributed by atoms with Gasteiger partial charge in [0, 0.05) is 24.7 Å². The van der Waals surface area contributed by atoms with Crippen molar-refractivity contribution in [2.45, 2.75) is 39.2 Å². The van der Waals surface area contributed by atoms with E-state index in [1.807, 2.05) is 36.1 Å². The third kappa shape index (κ3) is 4.53. The molecule has 0 bridgehead atoms. The summed E-state index contributed by atoms with van der Waals surface area (Å²) < 4.78 is 15.0. The molecule has 27 heavy (non-hydrogen) atoms. The first kappa shape index (κ1) is 19.9. The first-order chi connectivity index (χ1) is 12.9. The van der Waals surface area contributed by atoms with E-state index in [1.54, 1.807) is 0 Å². The van der Waals surface area contributed by atoms with Gasteiger partial charge in [0.15, 0.2) is 0 Å². The molecule has 0 spiro atoms. The monoisotopic (exact) mass is 392 g/mol. The Kier molecular flexibility index (Phi) is 6.22. The van der Waals surface area contributed by atoms with Gasteiger partial charge in [0.25, 0.3) is 0 Å². The molecule has 1 heterocycles.